The van der Waals surface area contributed by atoms with Crippen LogP contribution in [0.4, 0.5) is 26.3 Å². The number of halogens is 6. The van der Waals surface area contributed by atoms with Crippen molar-refractivity contribution in [2.75, 3.05) is 0 Å². The minimum Gasteiger partial charge on any atom is -0.205 e. The van der Waals surface area contributed by atoms with E-state index in [0.717, 1.165) is 6.92 Å². The fourth-order valence-electron chi connectivity index (χ4n) is 1.02. The predicted molar refractivity (Wildman–Crippen MR) is 36.0 cm³/mol. The Balaban J connectivity index is 3.60. The Bertz CT molecular complexity index is 342. The van der Waals surface area contributed by atoms with Gasteiger partial charge in [-0.05, 0) is 12.5 Å². The third-order valence-electron chi connectivity index (χ3n) is 1.77. The maximum Gasteiger partial charge on any atom is 0.267 e. The van der Waals surface area contributed by atoms with E-state index in [1.165, 1.54) is 0 Å². The normalized spacial score (nSPS) is 11.1. The Morgan fingerprint density at radius 2 is 1.21 bits per heavy atom. The SMILES string of the molecule is Cc1c(F)c(F)c(F)c(F)c1C(F)F. The van der Waals surface area contributed by atoms with Crippen LogP contribution >= 0.6 is 0 Å². The molecule has 78 valence electrons. The van der Waals surface area contributed by atoms with Gasteiger partial charge in [0.2, 0.25) is 0 Å². The van der Waals surface area contributed by atoms with Gasteiger partial charge < -0.3 is 0 Å². The number of hydrogen-bond donors (Lipinski definition) is 0. The highest BCUT2D eigenvalue weighted by Gasteiger charge is 2.27. The van der Waals surface area contributed by atoms with Gasteiger partial charge in [0.05, 0.1) is 5.56 Å². The van der Waals surface area contributed by atoms with E-state index in [-0.39, 0.29) is 0 Å². The molecule has 0 N–H and O–H groups in total. The van der Waals surface area contributed by atoms with Crippen molar-refractivity contribution in [2.24, 2.45) is 0 Å². The van der Waals surface area contributed by atoms with Gasteiger partial charge in [-0.25, -0.2) is 26.3 Å². The lowest BCUT2D eigenvalue weighted by Crippen LogP contribution is -2.06. The Morgan fingerprint density at radius 1 is 0.786 bits per heavy atom. The molecule has 0 saturated heterocycles. The van der Waals surface area contributed by atoms with Crippen molar-refractivity contribution in [3.8, 4) is 0 Å². The van der Waals surface area contributed by atoms with Gasteiger partial charge in [-0.15, -0.1) is 0 Å². The molecule has 0 aliphatic rings. The second-order valence-electron chi connectivity index (χ2n) is 2.60. The van der Waals surface area contributed by atoms with Gasteiger partial charge in [0, 0.05) is 0 Å². The Labute approximate surface area is 75.2 Å². The number of alkyl halides is 2. The largest absolute Gasteiger partial charge is 0.267 e. The Morgan fingerprint density at radius 3 is 1.64 bits per heavy atom. The van der Waals surface area contributed by atoms with Crippen LogP contribution in [-0.2, 0) is 0 Å². The summed E-state index contributed by atoms with van der Waals surface area (Å²) >= 11 is 0. The van der Waals surface area contributed by atoms with Crippen LogP contribution in [0.1, 0.15) is 17.6 Å². The Kier molecular flexibility index (Phi) is 2.73. The van der Waals surface area contributed by atoms with Gasteiger partial charge in [-0.1, -0.05) is 0 Å². The molecule has 0 aliphatic heterocycles. The first-order valence-corrected chi connectivity index (χ1v) is 3.48. The summed E-state index contributed by atoms with van der Waals surface area (Å²) in [6.07, 6.45) is -3.39. The molecule has 0 aliphatic carbocycles. The molecule has 0 spiro atoms. The molecular weight excluding hydrogens is 210 g/mol. The Hall–Kier alpha value is -1.20. The lowest BCUT2D eigenvalue weighted by atomic mass is 10.1. The number of rotatable bonds is 1. The summed E-state index contributed by atoms with van der Waals surface area (Å²) in [6, 6.07) is 0. The summed E-state index contributed by atoms with van der Waals surface area (Å²) in [5, 5.41) is 0. The molecule has 0 radical (unpaired) electrons. The van der Waals surface area contributed by atoms with Crippen LogP contribution < -0.4 is 0 Å². The summed E-state index contributed by atoms with van der Waals surface area (Å²) in [6.45, 7) is 0.752. The lowest BCUT2D eigenvalue weighted by molar-refractivity contribution is 0.142. The van der Waals surface area contributed by atoms with Crippen LogP contribution in [0.25, 0.3) is 0 Å². The zero-order chi connectivity index (χ0) is 11.0. The van der Waals surface area contributed by atoms with Gasteiger partial charge in [0.25, 0.3) is 6.43 Å². The molecule has 0 fully saturated rings. The molecule has 0 unspecified atom stereocenters. The summed E-state index contributed by atoms with van der Waals surface area (Å²) in [4.78, 5) is 0. The zero-order valence-corrected chi connectivity index (χ0v) is 6.85. The highest BCUT2D eigenvalue weighted by Crippen LogP contribution is 2.30. The van der Waals surface area contributed by atoms with Crippen molar-refractivity contribution in [1.29, 1.82) is 0 Å². The van der Waals surface area contributed by atoms with Crippen LogP contribution in [0.2, 0.25) is 0 Å². The molecule has 1 aromatic carbocycles. The standard InChI is InChI=1S/C8H4F6/c1-2-3(8(13)14)5(10)7(12)6(11)4(2)9/h8H,1H3. The minimum absolute atomic E-state index is 0.752. The van der Waals surface area contributed by atoms with Crippen molar-refractivity contribution in [3.05, 3.63) is 34.4 Å². The smallest absolute Gasteiger partial charge is 0.205 e. The first kappa shape index (κ1) is 10.9. The highest BCUT2D eigenvalue weighted by atomic mass is 19.3. The average Bonchev–Trinajstić information content (AvgIpc) is 2.11. The van der Waals surface area contributed by atoms with Gasteiger partial charge in [0.1, 0.15) is 0 Å². The second-order valence-corrected chi connectivity index (χ2v) is 2.60. The molecule has 0 heterocycles. The summed E-state index contributed by atoms with van der Waals surface area (Å²) < 4.78 is 74.5. The van der Waals surface area contributed by atoms with Crippen molar-refractivity contribution >= 4 is 0 Å². The maximum absolute atomic E-state index is 12.7. The predicted octanol–water partition coefficient (Wildman–Crippen LogP) is 3.49. The third kappa shape index (κ3) is 1.44. The van der Waals surface area contributed by atoms with Crippen molar-refractivity contribution < 1.29 is 26.3 Å². The first-order chi connectivity index (χ1) is 6.37. The molecule has 14 heavy (non-hydrogen) atoms. The number of benzene rings is 1. The van der Waals surface area contributed by atoms with E-state index >= 15 is 0 Å². The molecule has 1 aromatic rings. The summed E-state index contributed by atoms with van der Waals surface area (Å²) in [5.41, 5.74) is -2.36. The van der Waals surface area contributed by atoms with Crippen LogP contribution in [0.15, 0.2) is 0 Å². The fourth-order valence-corrected chi connectivity index (χ4v) is 1.02. The van der Waals surface area contributed by atoms with Crippen molar-refractivity contribution in [1.82, 2.24) is 0 Å². The van der Waals surface area contributed by atoms with Gasteiger partial charge in [0.15, 0.2) is 23.3 Å². The van der Waals surface area contributed by atoms with E-state index in [2.05, 4.69) is 0 Å². The zero-order valence-electron chi connectivity index (χ0n) is 6.85. The third-order valence-corrected chi connectivity index (χ3v) is 1.77. The first-order valence-electron chi connectivity index (χ1n) is 3.48. The highest BCUT2D eigenvalue weighted by molar-refractivity contribution is 5.31. The minimum atomic E-state index is -3.39. The molecule has 0 bridgehead atoms. The van der Waals surface area contributed by atoms with Crippen LogP contribution in [0.5, 0.6) is 0 Å². The van der Waals surface area contributed by atoms with E-state index < -0.39 is 40.8 Å². The molecule has 1 rings (SSSR count). The molecule has 0 saturated carbocycles. The van der Waals surface area contributed by atoms with E-state index in [9.17, 15) is 26.3 Å². The summed E-state index contributed by atoms with van der Waals surface area (Å²) in [7, 11) is 0. The molecule has 0 aromatic heterocycles. The van der Waals surface area contributed by atoms with E-state index in [1.54, 1.807) is 0 Å². The van der Waals surface area contributed by atoms with Crippen LogP contribution in [0.3, 0.4) is 0 Å². The quantitative estimate of drug-likeness (QED) is 0.381. The van der Waals surface area contributed by atoms with E-state index in [0.29, 0.717) is 0 Å². The number of hydrogen-bond acceptors (Lipinski definition) is 0. The topological polar surface area (TPSA) is 0 Å². The van der Waals surface area contributed by atoms with Crippen molar-refractivity contribution in [3.63, 3.8) is 0 Å². The summed E-state index contributed by atoms with van der Waals surface area (Å²) in [5.74, 6) is -8.14. The monoisotopic (exact) mass is 214 g/mol. The van der Waals surface area contributed by atoms with Gasteiger partial charge in [-0.2, -0.15) is 0 Å². The van der Waals surface area contributed by atoms with Gasteiger partial charge >= 0.3 is 0 Å². The molecule has 0 atom stereocenters. The van der Waals surface area contributed by atoms with Gasteiger partial charge in [-0.3, -0.25) is 0 Å². The lowest BCUT2D eigenvalue weighted by Gasteiger charge is -2.08. The molecule has 0 amide bonds. The average molecular weight is 214 g/mol. The molecular formula is C8H4F6. The van der Waals surface area contributed by atoms with Crippen LogP contribution in [-0.4, -0.2) is 0 Å². The van der Waals surface area contributed by atoms with Crippen LogP contribution in [0, 0.1) is 30.2 Å². The van der Waals surface area contributed by atoms with E-state index in [1.807, 2.05) is 0 Å². The second kappa shape index (κ2) is 3.51. The molecule has 6 heteroatoms. The van der Waals surface area contributed by atoms with Crippen molar-refractivity contribution in [2.45, 2.75) is 13.3 Å². The molecule has 0 nitrogen and oxygen atoms in total. The fraction of sp³-hybridized carbons (Fsp3) is 0.250. The van der Waals surface area contributed by atoms with E-state index in [4.69, 9.17) is 0 Å². The maximum atomic E-state index is 12.7.